The molecule has 0 fully saturated rings. The van der Waals surface area contributed by atoms with Gasteiger partial charge in [-0.3, -0.25) is 0 Å². The smallest absolute Gasteiger partial charge is 0.111 e. The molecule has 1 aromatic rings. The fraction of sp³-hybridized carbons (Fsp3) is 0.727. The van der Waals surface area contributed by atoms with Crippen LogP contribution in [0.1, 0.15) is 51.0 Å². The SMILES string of the molecule is CCC(CC)c1ncc(CN)n1CC. The summed E-state index contributed by atoms with van der Waals surface area (Å²) in [5.74, 6) is 1.79. The lowest BCUT2D eigenvalue weighted by molar-refractivity contribution is 0.549. The minimum atomic E-state index is 0.579. The van der Waals surface area contributed by atoms with Crippen molar-refractivity contribution in [2.45, 2.75) is 52.6 Å². The molecule has 1 aromatic heterocycles. The molecule has 80 valence electrons. The zero-order valence-electron chi connectivity index (χ0n) is 9.45. The van der Waals surface area contributed by atoms with E-state index >= 15 is 0 Å². The molecule has 3 heteroatoms. The van der Waals surface area contributed by atoms with Crippen molar-refractivity contribution in [3.63, 3.8) is 0 Å². The molecule has 0 saturated heterocycles. The number of imidazole rings is 1. The Bertz CT molecular complexity index is 274. The van der Waals surface area contributed by atoms with Crippen LogP contribution in [0.15, 0.2) is 6.20 Å². The Hall–Kier alpha value is -0.830. The first kappa shape index (κ1) is 11.2. The largest absolute Gasteiger partial charge is 0.331 e. The van der Waals surface area contributed by atoms with Crippen molar-refractivity contribution >= 4 is 0 Å². The van der Waals surface area contributed by atoms with Gasteiger partial charge in [-0.2, -0.15) is 0 Å². The van der Waals surface area contributed by atoms with Gasteiger partial charge >= 0.3 is 0 Å². The van der Waals surface area contributed by atoms with Crippen LogP contribution in [-0.2, 0) is 13.1 Å². The average Bonchev–Trinajstić information content (AvgIpc) is 2.62. The van der Waals surface area contributed by atoms with Crippen LogP contribution in [0, 0.1) is 0 Å². The van der Waals surface area contributed by atoms with Gasteiger partial charge in [0.15, 0.2) is 0 Å². The van der Waals surface area contributed by atoms with Crippen molar-refractivity contribution in [3.05, 3.63) is 17.7 Å². The summed E-state index contributed by atoms with van der Waals surface area (Å²) in [6.45, 7) is 8.13. The van der Waals surface area contributed by atoms with Crippen LogP contribution < -0.4 is 5.73 Å². The maximum atomic E-state index is 5.66. The van der Waals surface area contributed by atoms with E-state index in [1.807, 2.05) is 6.20 Å². The van der Waals surface area contributed by atoms with Gasteiger partial charge in [-0.25, -0.2) is 4.98 Å². The molecule has 14 heavy (non-hydrogen) atoms. The first-order valence-corrected chi connectivity index (χ1v) is 5.52. The van der Waals surface area contributed by atoms with Gasteiger partial charge < -0.3 is 10.3 Å². The molecule has 0 spiro atoms. The normalized spacial score (nSPS) is 11.2. The lowest BCUT2D eigenvalue weighted by atomic mass is 10.0. The van der Waals surface area contributed by atoms with E-state index in [1.54, 1.807) is 0 Å². The van der Waals surface area contributed by atoms with Gasteiger partial charge in [-0.15, -0.1) is 0 Å². The molecular weight excluding hydrogens is 174 g/mol. The van der Waals surface area contributed by atoms with Gasteiger partial charge in [-0.1, -0.05) is 13.8 Å². The molecule has 0 bridgehead atoms. The molecule has 0 saturated carbocycles. The van der Waals surface area contributed by atoms with Crippen LogP contribution in [0.25, 0.3) is 0 Å². The van der Waals surface area contributed by atoms with Gasteiger partial charge in [-0.05, 0) is 19.8 Å². The molecule has 0 aliphatic heterocycles. The van der Waals surface area contributed by atoms with Crippen LogP contribution in [-0.4, -0.2) is 9.55 Å². The Morgan fingerprint density at radius 1 is 1.36 bits per heavy atom. The predicted octanol–water partition coefficient (Wildman–Crippen LogP) is 2.27. The van der Waals surface area contributed by atoms with Crippen molar-refractivity contribution in [1.29, 1.82) is 0 Å². The highest BCUT2D eigenvalue weighted by molar-refractivity contribution is 5.09. The summed E-state index contributed by atoms with van der Waals surface area (Å²) in [5, 5.41) is 0. The number of aromatic nitrogens is 2. The molecule has 3 nitrogen and oxygen atoms in total. The molecular formula is C11H21N3. The molecule has 0 aliphatic rings. The molecule has 2 N–H and O–H groups in total. The molecule has 0 aliphatic carbocycles. The molecule has 1 rings (SSSR count). The monoisotopic (exact) mass is 195 g/mol. The second kappa shape index (κ2) is 5.15. The van der Waals surface area contributed by atoms with E-state index in [0.717, 1.165) is 25.1 Å². The third-order valence-corrected chi connectivity index (χ3v) is 2.85. The predicted molar refractivity (Wildman–Crippen MR) is 59.1 cm³/mol. The minimum absolute atomic E-state index is 0.579. The maximum Gasteiger partial charge on any atom is 0.111 e. The summed E-state index contributed by atoms with van der Waals surface area (Å²) in [7, 11) is 0. The topological polar surface area (TPSA) is 43.8 Å². The summed E-state index contributed by atoms with van der Waals surface area (Å²) in [4.78, 5) is 4.48. The Balaban J connectivity index is 3.01. The second-order valence-electron chi connectivity index (χ2n) is 3.57. The summed E-state index contributed by atoms with van der Waals surface area (Å²) in [6, 6.07) is 0. The van der Waals surface area contributed by atoms with Gasteiger partial charge in [0.2, 0.25) is 0 Å². The Kier molecular flexibility index (Phi) is 4.14. The zero-order chi connectivity index (χ0) is 10.6. The summed E-state index contributed by atoms with van der Waals surface area (Å²) in [5.41, 5.74) is 6.81. The van der Waals surface area contributed by atoms with Gasteiger partial charge in [0, 0.05) is 25.2 Å². The Labute approximate surface area is 86.3 Å². The summed E-state index contributed by atoms with van der Waals surface area (Å²) in [6.07, 6.45) is 4.21. The van der Waals surface area contributed by atoms with Crippen LogP contribution in [0.2, 0.25) is 0 Å². The Morgan fingerprint density at radius 3 is 2.43 bits per heavy atom. The van der Waals surface area contributed by atoms with Gasteiger partial charge in [0.25, 0.3) is 0 Å². The maximum absolute atomic E-state index is 5.66. The number of hydrogen-bond donors (Lipinski definition) is 1. The summed E-state index contributed by atoms with van der Waals surface area (Å²) >= 11 is 0. The van der Waals surface area contributed by atoms with E-state index in [2.05, 4.69) is 30.3 Å². The first-order chi connectivity index (χ1) is 6.78. The minimum Gasteiger partial charge on any atom is -0.331 e. The van der Waals surface area contributed by atoms with Crippen LogP contribution in [0.4, 0.5) is 0 Å². The number of nitrogens with zero attached hydrogens (tertiary/aromatic N) is 2. The van der Waals surface area contributed by atoms with E-state index in [1.165, 1.54) is 5.82 Å². The van der Waals surface area contributed by atoms with Gasteiger partial charge in [0.05, 0.1) is 5.69 Å². The Morgan fingerprint density at radius 2 is 2.00 bits per heavy atom. The zero-order valence-corrected chi connectivity index (χ0v) is 9.45. The van der Waals surface area contributed by atoms with Crippen molar-refractivity contribution in [2.75, 3.05) is 0 Å². The third kappa shape index (κ3) is 1.98. The fourth-order valence-electron chi connectivity index (χ4n) is 1.93. The second-order valence-corrected chi connectivity index (χ2v) is 3.57. The standard InChI is InChI=1S/C11H21N3/c1-4-9(5-2)11-13-8-10(7-12)14(11)6-3/h8-9H,4-7,12H2,1-3H3. The van der Waals surface area contributed by atoms with Crippen LogP contribution >= 0.6 is 0 Å². The molecule has 0 radical (unpaired) electrons. The molecule has 0 unspecified atom stereocenters. The lowest BCUT2D eigenvalue weighted by Gasteiger charge is -2.15. The number of rotatable bonds is 5. The average molecular weight is 195 g/mol. The van der Waals surface area contributed by atoms with E-state index in [-0.39, 0.29) is 0 Å². The highest BCUT2D eigenvalue weighted by Gasteiger charge is 2.14. The van der Waals surface area contributed by atoms with Crippen molar-refractivity contribution in [3.8, 4) is 0 Å². The number of nitrogens with two attached hydrogens (primary N) is 1. The first-order valence-electron chi connectivity index (χ1n) is 5.52. The van der Waals surface area contributed by atoms with E-state index in [0.29, 0.717) is 12.5 Å². The highest BCUT2D eigenvalue weighted by Crippen LogP contribution is 2.22. The molecule has 0 aromatic carbocycles. The van der Waals surface area contributed by atoms with E-state index < -0.39 is 0 Å². The lowest BCUT2D eigenvalue weighted by Crippen LogP contribution is -2.11. The van der Waals surface area contributed by atoms with Crippen molar-refractivity contribution in [2.24, 2.45) is 5.73 Å². The molecule has 1 heterocycles. The molecule has 0 amide bonds. The van der Waals surface area contributed by atoms with Crippen molar-refractivity contribution < 1.29 is 0 Å². The van der Waals surface area contributed by atoms with E-state index in [4.69, 9.17) is 5.73 Å². The molecule has 0 atom stereocenters. The highest BCUT2D eigenvalue weighted by atomic mass is 15.1. The quantitative estimate of drug-likeness (QED) is 0.783. The van der Waals surface area contributed by atoms with Crippen molar-refractivity contribution in [1.82, 2.24) is 9.55 Å². The van der Waals surface area contributed by atoms with Gasteiger partial charge in [0.1, 0.15) is 5.82 Å². The number of hydrogen-bond acceptors (Lipinski definition) is 2. The van der Waals surface area contributed by atoms with Crippen LogP contribution in [0.5, 0.6) is 0 Å². The van der Waals surface area contributed by atoms with Crippen LogP contribution in [0.3, 0.4) is 0 Å². The third-order valence-electron chi connectivity index (χ3n) is 2.85. The van der Waals surface area contributed by atoms with E-state index in [9.17, 15) is 0 Å². The summed E-state index contributed by atoms with van der Waals surface area (Å²) < 4.78 is 2.25. The fourth-order valence-corrected chi connectivity index (χ4v) is 1.93.